The van der Waals surface area contributed by atoms with Crippen LogP contribution in [0.3, 0.4) is 0 Å². The highest BCUT2D eigenvalue weighted by Gasteiger charge is 2.43. The van der Waals surface area contributed by atoms with E-state index in [0.717, 1.165) is 10.7 Å². The molecular weight excluding hydrogens is 390 g/mol. The number of carbonyl (C=O) groups excluding carboxylic acids is 1. The summed E-state index contributed by atoms with van der Waals surface area (Å²) in [5, 5.41) is 15.6. The maximum absolute atomic E-state index is 14.6. The number of amides is 2. The maximum atomic E-state index is 14.6. The number of hydrogen-bond donors (Lipinski definition) is 1. The Kier molecular flexibility index (Phi) is 4.68. The number of nitrogens with one attached hydrogen (secondary N) is 1. The molecule has 0 unspecified atom stereocenters. The van der Waals surface area contributed by atoms with E-state index in [0.29, 0.717) is 5.69 Å². The SMILES string of the molecule is N#Cc1cc(NC(=O)N2CCc3nn4c(c3C2)C(F)(F)CC[C@H](F)C4)ccc1F. The van der Waals surface area contributed by atoms with Gasteiger partial charge in [-0.2, -0.15) is 19.1 Å². The Morgan fingerprint density at radius 3 is 2.93 bits per heavy atom. The maximum Gasteiger partial charge on any atom is 0.322 e. The highest BCUT2D eigenvalue weighted by Crippen LogP contribution is 2.41. The third-order valence-corrected chi connectivity index (χ3v) is 5.22. The number of rotatable bonds is 1. The summed E-state index contributed by atoms with van der Waals surface area (Å²) < 4.78 is 57.6. The van der Waals surface area contributed by atoms with Gasteiger partial charge in [0.05, 0.1) is 24.3 Å². The van der Waals surface area contributed by atoms with Gasteiger partial charge in [-0.1, -0.05) is 0 Å². The molecule has 2 aliphatic rings. The minimum Gasteiger partial charge on any atom is -0.320 e. The smallest absolute Gasteiger partial charge is 0.320 e. The third-order valence-electron chi connectivity index (χ3n) is 5.22. The summed E-state index contributed by atoms with van der Waals surface area (Å²) in [4.78, 5) is 13.9. The molecule has 6 nitrogen and oxygen atoms in total. The van der Waals surface area contributed by atoms with E-state index in [-0.39, 0.29) is 55.0 Å². The molecule has 0 saturated carbocycles. The molecule has 2 aliphatic heterocycles. The van der Waals surface area contributed by atoms with Crippen LogP contribution in [0.4, 0.5) is 28.0 Å². The molecule has 10 heteroatoms. The summed E-state index contributed by atoms with van der Waals surface area (Å²) in [5.41, 5.74) is 0.386. The van der Waals surface area contributed by atoms with E-state index >= 15 is 0 Å². The molecule has 0 fully saturated rings. The second-order valence-corrected chi connectivity index (χ2v) is 7.20. The van der Waals surface area contributed by atoms with Crippen LogP contribution < -0.4 is 5.32 Å². The standard InChI is InChI=1S/C19H17F4N5O/c20-12-3-5-19(22,23)17-14-10-27(6-4-16(14)26-28(17)9-12)18(29)25-13-1-2-15(21)11(7-13)8-24/h1-2,7,12H,3-6,9-10H2,(H,25,29)/t12-/m0/s1. The molecule has 0 radical (unpaired) electrons. The topological polar surface area (TPSA) is 74.0 Å². The van der Waals surface area contributed by atoms with E-state index in [1.54, 1.807) is 6.07 Å². The van der Waals surface area contributed by atoms with Crippen molar-refractivity contribution >= 4 is 11.7 Å². The molecule has 2 amide bonds. The minimum atomic E-state index is -3.22. The lowest BCUT2D eigenvalue weighted by Crippen LogP contribution is -2.39. The van der Waals surface area contributed by atoms with Crippen molar-refractivity contribution in [3.63, 3.8) is 0 Å². The van der Waals surface area contributed by atoms with Crippen LogP contribution in [-0.4, -0.2) is 33.4 Å². The Hall–Kier alpha value is -3.09. The van der Waals surface area contributed by atoms with Crippen LogP contribution in [0, 0.1) is 17.1 Å². The van der Waals surface area contributed by atoms with Crippen LogP contribution in [0.2, 0.25) is 0 Å². The zero-order valence-electron chi connectivity index (χ0n) is 15.3. The van der Waals surface area contributed by atoms with Gasteiger partial charge >= 0.3 is 6.03 Å². The molecule has 0 saturated heterocycles. The molecule has 1 aromatic heterocycles. The average molecular weight is 407 g/mol. The number of benzene rings is 1. The zero-order valence-corrected chi connectivity index (χ0v) is 15.3. The van der Waals surface area contributed by atoms with E-state index in [9.17, 15) is 22.4 Å². The summed E-state index contributed by atoms with van der Waals surface area (Å²) in [5.74, 6) is -3.93. The van der Waals surface area contributed by atoms with Crippen LogP contribution in [0.1, 0.15) is 35.4 Å². The molecule has 3 heterocycles. The predicted molar refractivity (Wildman–Crippen MR) is 94.5 cm³/mol. The van der Waals surface area contributed by atoms with Crippen LogP contribution in [0.5, 0.6) is 0 Å². The van der Waals surface area contributed by atoms with Gasteiger partial charge in [-0.05, 0) is 24.6 Å². The molecular formula is C19H17F4N5O. The number of aromatic nitrogens is 2. The predicted octanol–water partition coefficient (Wildman–Crippen LogP) is 3.71. The lowest BCUT2D eigenvalue weighted by molar-refractivity contribution is -0.0224. The van der Waals surface area contributed by atoms with Crippen molar-refractivity contribution in [1.82, 2.24) is 14.7 Å². The van der Waals surface area contributed by atoms with E-state index in [4.69, 9.17) is 5.26 Å². The van der Waals surface area contributed by atoms with Crippen molar-refractivity contribution in [1.29, 1.82) is 5.26 Å². The Morgan fingerprint density at radius 1 is 1.38 bits per heavy atom. The second kappa shape index (κ2) is 7.06. The lowest BCUT2D eigenvalue weighted by Gasteiger charge is -2.28. The van der Waals surface area contributed by atoms with Crippen LogP contribution in [-0.2, 0) is 25.4 Å². The van der Waals surface area contributed by atoms with Crippen LogP contribution >= 0.6 is 0 Å². The summed E-state index contributed by atoms with van der Waals surface area (Å²) in [6.07, 6.45) is -1.98. The Morgan fingerprint density at radius 2 is 2.17 bits per heavy atom. The van der Waals surface area contributed by atoms with Gasteiger partial charge in [0, 0.05) is 30.6 Å². The van der Waals surface area contributed by atoms with Gasteiger partial charge in [-0.25, -0.2) is 13.6 Å². The molecule has 0 aliphatic carbocycles. The third kappa shape index (κ3) is 3.52. The number of anilines is 1. The molecule has 1 atom stereocenters. The molecule has 2 aromatic rings. The van der Waals surface area contributed by atoms with E-state index in [1.807, 2.05) is 0 Å². The molecule has 4 rings (SSSR count). The first kappa shape index (κ1) is 19.2. The van der Waals surface area contributed by atoms with Crippen LogP contribution in [0.25, 0.3) is 0 Å². The summed E-state index contributed by atoms with van der Waals surface area (Å²) in [6, 6.07) is 4.69. The van der Waals surface area contributed by atoms with E-state index < -0.39 is 30.4 Å². The van der Waals surface area contributed by atoms with Crippen molar-refractivity contribution in [3.8, 4) is 6.07 Å². The molecule has 1 N–H and O–H groups in total. The van der Waals surface area contributed by atoms with Crippen molar-refractivity contribution < 1.29 is 22.4 Å². The molecule has 0 bridgehead atoms. The zero-order chi connectivity index (χ0) is 20.8. The quantitative estimate of drug-likeness (QED) is 0.733. The molecule has 29 heavy (non-hydrogen) atoms. The van der Waals surface area contributed by atoms with Gasteiger partial charge in [-0.15, -0.1) is 0 Å². The number of carbonyl (C=O) groups is 1. The lowest BCUT2D eigenvalue weighted by atomic mass is 10.00. The number of hydrogen-bond acceptors (Lipinski definition) is 3. The first-order valence-corrected chi connectivity index (χ1v) is 9.15. The largest absolute Gasteiger partial charge is 0.322 e. The number of nitrogens with zero attached hydrogens (tertiary/aromatic N) is 4. The van der Waals surface area contributed by atoms with Crippen molar-refractivity contribution in [2.45, 2.75) is 44.4 Å². The monoisotopic (exact) mass is 407 g/mol. The Balaban J connectivity index is 1.57. The molecule has 1 aromatic carbocycles. The van der Waals surface area contributed by atoms with Crippen molar-refractivity contribution in [2.75, 3.05) is 11.9 Å². The average Bonchev–Trinajstić information content (AvgIpc) is 3.00. The van der Waals surface area contributed by atoms with Gasteiger partial charge < -0.3 is 10.2 Å². The first-order valence-electron chi connectivity index (χ1n) is 9.15. The van der Waals surface area contributed by atoms with Gasteiger partial charge in [0.15, 0.2) is 0 Å². The minimum absolute atomic E-state index is 0.0880. The van der Waals surface area contributed by atoms with E-state index in [2.05, 4.69) is 10.4 Å². The number of fused-ring (bicyclic) bond motifs is 3. The summed E-state index contributed by atoms with van der Waals surface area (Å²) in [7, 11) is 0. The Labute approximate surface area is 163 Å². The van der Waals surface area contributed by atoms with E-state index in [1.165, 1.54) is 17.0 Å². The Bertz CT molecular complexity index is 1010. The highest BCUT2D eigenvalue weighted by atomic mass is 19.3. The fourth-order valence-corrected chi connectivity index (χ4v) is 3.77. The first-order chi connectivity index (χ1) is 13.8. The fourth-order valence-electron chi connectivity index (χ4n) is 3.77. The molecule has 152 valence electrons. The van der Waals surface area contributed by atoms with Gasteiger partial charge in [0.1, 0.15) is 23.8 Å². The highest BCUT2D eigenvalue weighted by molar-refractivity contribution is 5.89. The van der Waals surface area contributed by atoms with Crippen LogP contribution in [0.15, 0.2) is 18.2 Å². The van der Waals surface area contributed by atoms with Crippen molar-refractivity contribution in [2.24, 2.45) is 0 Å². The summed E-state index contributed by atoms with van der Waals surface area (Å²) >= 11 is 0. The van der Waals surface area contributed by atoms with Gasteiger partial charge in [0.2, 0.25) is 0 Å². The number of alkyl halides is 3. The van der Waals surface area contributed by atoms with Gasteiger partial charge in [-0.3, -0.25) is 4.68 Å². The molecule has 0 spiro atoms. The number of nitriles is 1. The number of halogens is 4. The normalized spacial score (nSPS) is 20.2. The fraction of sp³-hybridized carbons (Fsp3) is 0.421. The number of urea groups is 1. The summed E-state index contributed by atoms with van der Waals surface area (Å²) in [6.45, 7) is -0.0712. The second-order valence-electron chi connectivity index (χ2n) is 7.20. The van der Waals surface area contributed by atoms with Gasteiger partial charge in [0.25, 0.3) is 5.92 Å². The van der Waals surface area contributed by atoms with Crippen molar-refractivity contribution in [3.05, 3.63) is 46.5 Å².